The van der Waals surface area contributed by atoms with Crippen LogP contribution in [0, 0.1) is 5.92 Å². The van der Waals surface area contributed by atoms with Gasteiger partial charge in [-0.1, -0.05) is 23.7 Å². The highest BCUT2D eigenvalue weighted by Crippen LogP contribution is 2.41. The molecule has 2 aromatic rings. The predicted molar refractivity (Wildman–Crippen MR) is 144 cm³/mol. The Morgan fingerprint density at radius 2 is 1.85 bits per heavy atom. The van der Waals surface area contributed by atoms with Crippen molar-refractivity contribution < 1.29 is 32.6 Å². The lowest BCUT2D eigenvalue weighted by atomic mass is 9.91. The van der Waals surface area contributed by atoms with Gasteiger partial charge < -0.3 is 25.0 Å². The van der Waals surface area contributed by atoms with Crippen molar-refractivity contribution in [1.29, 1.82) is 0 Å². The van der Waals surface area contributed by atoms with Crippen molar-refractivity contribution >= 4 is 29.2 Å². The molecule has 40 heavy (non-hydrogen) atoms. The molecule has 1 aliphatic heterocycles. The number of pyridine rings is 1. The molecule has 2 heterocycles. The smallest absolute Gasteiger partial charge is 0.430 e. The Balaban J connectivity index is 1.26. The number of amides is 2. The minimum atomic E-state index is -5.21. The summed E-state index contributed by atoms with van der Waals surface area (Å²) in [6, 6.07) is 8.44. The van der Waals surface area contributed by atoms with E-state index in [9.17, 15) is 27.9 Å². The monoisotopic (exact) mass is 582 g/mol. The highest BCUT2D eigenvalue weighted by atomic mass is 35.5. The van der Waals surface area contributed by atoms with Gasteiger partial charge in [0.1, 0.15) is 16.7 Å². The summed E-state index contributed by atoms with van der Waals surface area (Å²) in [6.45, 7) is 1.44. The second-order valence-electron chi connectivity index (χ2n) is 10.6. The number of rotatable bonds is 10. The van der Waals surface area contributed by atoms with Gasteiger partial charge in [-0.05, 0) is 68.7 Å². The summed E-state index contributed by atoms with van der Waals surface area (Å²) in [7, 11) is 3.28. The quantitative estimate of drug-likeness (QED) is 0.315. The van der Waals surface area contributed by atoms with Gasteiger partial charge in [-0.15, -0.1) is 0 Å². The number of nitrogens with one attached hydrogen (secondary N) is 1. The van der Waals surface area contributed by atoms with Crippen LogP contribution in [-0.4, -0.2) is 72.8 Å². The maximum Gasteiger partial charge on any atom is 0.430 e. The number of anilines is 1. The highest BCUT2D eigenvalue weighted by Gasteiger charge is 2.60. The van der Waals surface area contributed by atoms with Gasteiger partial charge in [0.2, 0.25) is 0 Å². The number of aliphatic hydroxyl groups is 1. The van der Waals surface area contributed by atoms with Crippen molar-refractivity contribution in [3.05, 3.63) is 52.7 Å². The zero-order valence-corrected chi connectivity index (χ0v) is 23.3. The van der Waals surface area contributed by atoms with Crippen LogP contribution >= 0.6 is 11.6 Å². The van der Waals surface area contributed by atoms with Crippen LogP contribution in [-0.2, 0) is 10.4 Å². The minimum Gasteiger partial charge on any atom is -0.490 e. The van der Waals surface area contributed by atoms with Crippen LogP contribution in [0.25, 0.3) is 0 Å². The number of halogens is 4. The van der Waals surface area contributed by atoms with Gasteiger partial charge in [-0.2, -0.15) is 13.2 Å². The SMILES string of the molecule is CN(C)C(=O)c1ccc(N2CCC(CCCNC(=O)[C@](O)(c3cccc(OC4CC4)c3)C(F)(F)F)CC2)nc1Cl. The fourth-order valence-electron chi connectivity index (χ4n) is 4.77. The molecule has 1 atom stereocenters. The topological polar surface area (TPSA) is 95.0 Å². The molecular weight excluding hydrogens is 549 g/mol. The average molecular weight is 583 g/mol. The van der Waals surface area contributed by atoms with Crippen LogP contribution in [0.3, 0.4) is 0 Å². The van der Waals surface area contributed by atoms with Gasteiger partial charge in [0.15, 0.2) is 0 Å². The van der Waals surface area contributed by atoms with E-state index in [1.165, 1.54) is 17.0 Å². The molecule has 8 nitrogen and oxygen atoms in total. The highest BCUT2D eigenvalue weighted by molar-refractivity contribution is 6.32. The number of benzene rings is 1. The summed E-state index contributed by atoms with van der Waals surface area (Å²) in [5.74, 6) is -0.519. The molecule has 218 valence electrons. The zero-order valence-electron chi connectivity index (χ0n) is 22.5. The van der Waals surface area contributed by atoms with Gasteiger partial charge >= 0.3 is 6.18 Å². The Bertz CT molecular complexity index is 1220. The van der Waals surface area contributed by atoms with Crippen LogP contribution in [0.2, 0.25) is 5.15 Å². The zero-order chi connectivity index (χ0) is 29.1. The molecule has 2 N–H and O–H groups in total. The number of piperidine rings is 1. The largest absolute Gasteiger partial charge is 0.490 e. The minimum absolute atomic E-state index is 0.00817. The lowest BCUT2D eigenvalue weighted by Crippen LogP contribution is -2.54. The van der Waals surface area contributed by atoms with Gasteiger partial charge in [0, 0.05) is 39.3 Å². The molecule has 12 heteroatoms. The fraction of sp³-hybridized carbons (Fsp3) is 0.536. The van der Waals surface area contributed by atoms with Gasteiger partial charge in [0.05, 0.1) is 11.7 Å². The second kappa shape index (κ2) is 12.2. The fourth-order valence-corrected chi connectivity index (χ4v) is 5.00. The molecule has 1 saturated heterocycles. The molecule has 2 fully saturated rings. The van der Waals surface area contributed by atoms with Gasteiger partial charge in [-0.3, -0.25) is 9.59 Å². The van der Waals surface area contributed by atoms with Gasteiger partial charge in [0.25, 0.3) is 17.4 Å². The van der Waals surface area contributed by atoms with Crippen molar-refractivity contribution in [3.63, 3.8) is 0 Å². The number of aromatic nitrogens is 1. The third-order valence-electron chi connectivity index (χ3n) is 7.30. The summed E-state index contributed by atoms with van der Waals surface area (Å²) in [5, 5.41) is 13.0. The van der Waals surface area contributed by atoms with Crippen LogP contribution in [0.5, 0.6) is 5.75 Å². The van der Waals surface area contributed by atoms with Crippen LogP contribution in [0.15, 0.2) is 36.4 Å². The molecule has 2 amide bonds. The summed E-state index contributed by atoms with van der Waals surface area (Å²) in [6.07, 6.45) is -0.734. The lowest BCUT2D eigenvalue weighted by molar-refractivity contribution is -0.257. The van der Waals surface area contributed by atoms with E-state index in [1.807, 2.05) is 0 Å². The molecule has 4 rings (SSSR count). The number of hydrogen-bond donors (Lipinski definition) is 2. The predicted octanol–water partition coefficient (Wildman–Crippen LogP) is 4.54. The van der Waals surface area contributed by atoms with Crippen molar-refractivity contribution in [2.75, 3.05) is 38.6 Å². The Hall–Kier alpha value is -3.05. The molecule has 1 aromatic carbocycles. The van der Waals surface area contributed by atoms with Crippen LogP contribution in [0.1, 0.15) is 54.4 Å². The van der Waals surface area contributed by atoms with Crippen molar-refractivity contribution in [3.8, 4) is 5.75 Å². The summed E-state index contributed by atoms with van der Waals surface area (Å²) in [5.41, 5.74) is -3.91. The van der Waals surface area contributed by atoms with E-state index in [-0.39, 0.29) is 29.5 Å². The number of hydrogen-bond acceptors (Lipinski definition) is 6. The standard InChI is InChI=1S/C28H34ClF3N4O4/c1-35(2)25(37)22-10-11-23(34-24(22)29)36-15-12-18(13-16-36)5-4-14-33-26(38)27(39,28(30,31)32)19-6-3-7-21(17-19)40-20-8-9-20/h3,6-7,10-11,17-18,20,39H,4-5,8-9,12-16H2,1-2H3,(H,33,38)/t27-/m1/s1. The Morgan fingerprint density at radius 1 is 1.15 bits per heavy atom. The van der Waals surface area contributed by atoms with Gasteiger partial charge in [-0.25, -0.2) is 4.98 Å². The number of ether oxygens (including phenoxy) is 1. The normalized spacial score (nSPS) is 17.7. The first-order valence-corrected chi connectivity index (χ1v) is 13.8. The molecule has 0 radical (unpaired) electrons. The first-order chi connectivity index (χ1) is 18.9. The van der Waals surface area contributed by atoms with Crippen molar-refractivity contribution in [2.45, 2.75) is 56.4 Å². The van der Waals surface area contributed by atoms with E-state index in [4.69, 9.17) is 16.3 Å². The van der Waals surface area contributed by atoms with E-state index in [1.54, 1.807) is 26.2 Å². The molecular formula is C28H34ClF3N4O4. The van der Waals surface area contributed by atoms with E-state index >= 15 is 0 Å². The molecule has 1 aliphatic carbocycles. The second-order valence-corrected chi connectivity index (χ2v) is 10.9. The summed E-state index contributed by atoms with van der Waals surface area (Å²) < 4.78 is 47.4. The first-order valence-electron chi connectivity index (χ1n) is 13.4. The Morgan fingerprint density at radius 3 is 2.45 bits per heavy atom. The molecule has 0 spiro atoms. The molecule has 0 unspecified atom stereocenters. The number of nitrogens with zero attached hydrogens (tertiary/aromatic N) is 3. The molecule has 0 bridgehead atoms. The molecule has 1 saturated carbocycles. The third-order valence-corrected chi connectivity index (χ3v) is 7.59. The summed E-state index contributed by atoms with van der Waals surface area (Å²) >= 11 is 6.24. The van der Waals surface area contributed by atoms with Crippen molar-refractivity contribution in [2.24, 2.45) is 5.92 Å². The maximum absolute atomic E-state index is 14.0. The number of carbonyl (C=O) groups is 2. The molecule has 2 aliphatic rings. The van der Waals surface area contributed by atoms with E-state index < -0.39 is 23.2 Å². The molecule has 1 aromatic heterocycles. The van der Waals surface area contributed by atoms with Crippen LogP contribution in [0.4, 0.5) is 19.0 Å². The lowest BCUT2D eigenvalue weighted by Gasteiger charge is -2.33. The van der Waals surface area contributed by atoms with E-state index in [2.05, 4.69) is 15.2 Å². The van der Waals surface area contributed by atoms with Crippen LogP contribution < -0.4 is 15.0 Å². The summed E-state index contributed by atoms with van der Waals surface area (Å²) in [4.78, 5) is 32.7. The Kier molecular flexibility index (Phi) is 9.14. The third kappa shape index (κ3) is 6.80. The maximum atomic E-state index is 14.0. The Labute approximate surface area is 236 Å². The average Bonchev–Trinajstić information content (AvgIpc) is 3.73. The number of alkyl halides is 3. The first kappa shape index (κ1) is 29.9. The van der Waals surface area contributed by atoms with Crippen molar-refractivity contribution in [1.82, 2.24) is 15.2 Å². The van der Waals surface area contributed by atoms with E-state index in [0.717, 1.165) is 37.8 Å². The van der Waals surface area contributed by atoms with E-state index in [0.29, 0.717) is 43.2 Å². The number of carbonyl (C=O) groups excluding carboxylic acids is 2.